The lowest BCUT2D eigenvalue weighted by Crippen LogP contribution is -2.83. The molecule has 7 fully saturated rings. The predicted molar refractivity (Wildman–Crippen MR) is 206 cm³/mol. The van der Waals surface area contributed by atoms with E-state index < -0.39 is 34.2 Å². The van der Waals surface area contributed by atoms with Crippen LogP contribution >= 0.6 is 0 Å². The molecule has 1 saturated carbocycles. The highest BCUT2D eigenvalue weighted by Gasteiger charge is 2.89. The van der Waals surface area contributed by atoms with E-state index in [9.17, 15) is 19.8 Å². The standard InChI is InChI=1S/C44H52N4O7/c1-7-24-21-46(3)35-19-29-27-11-9-10-12-33(27)45-37(29)28(18-30(24)41(35,23-49)38(50)53-5)26-13-14-34-32(17-26)42-15-16-48-22-25(8-2)31-20-36(44(42,48)47(34)4)55-40(52)43(31,42)39(51)54-6/h7-14,17,28,30-31,35-36,40,45,49,52H,15-16,18-23H2,1-6H3/b24-7-,25-8-/t28-,30+,31-,35+,36-,40-,41+,42+,43+,44+/m1/s1. The van der Waals surface area contributed by atoms with Crippen molar-refractivity contribution >= 4 is 28.5 Å². The summed E-state index contributed by atoms with van der Waals surface area (Å²) >= 11 is 0. The number of H-pyrrole nitrogens is 1. The summed E-state index contributed by atoms with van der Waals surface area (Å²) in [4.78, 5) is 39.9. The van der Waals surface area contributed by atoms with E-state index in [2.05, 4.69) is 75.3 Å². The van der Waals surface area contributed by atoms with Crippen molar-refractivity contribution in [2.75, 3.05) is 59.5 Å². The molecule has 12 rings (SSSR count). The molecule has 2 aromatic carbocycles. The van der Waals surface area contributed by atoms with Gasteiger partial charge in [0.2, 0.25) is 0 Å². The number of methoxy groups -OCH3 is 2. The van der Waals surface area contributed by atoms with Gasteiger partial charge in [-0.05, 0) is 75.4 Å². The molecular weight excluding hydrogens is 697 g/mol. The molecule has 8 bridgehead atoms. The van der Waals surface area contributed by atoms with Crippen LogP contribution in [0.4, 0.5) is 5.69 Å². The summed E-state index contributed by atoms with van der Waals surface area (Å²) in [5.74, 6) is -1.57. The largest absolute Gasteiger partial charge is 0.468 e. The van der Waals surface area contributed by atoms with Crippen molar-refractivity contribution in [3.05, 3.63) is 88.1 Å². The number of nitrogens with one attached hydrogen (secondary N) is 1. The van der Waals surface area contributed by atoms with Gasteiger partial charge in [-0.15, -0.1) is 0 Å². The first-order valence-electron chi connectivity index (χ1n) is 19.9. The van der Waals surface area contributed by atoms with Gasteiger partial charge >= 0.3 is 11.9 Å². The Morgan fingerprint density at radius 1 is 1.00 bits per heavy atom. The zero-order valence-corrected chi connectivity index (χ0v) is 32.6. The van der Waals surface area contributed by atoms with E-state index >= 15 is 0 Å². The second-order valence-corrected chi connectivity index (χ2v) is 17.2. The lowest BCUT2D eigenvalue weighted by atomic mass is 9.43. The van der Waals surface area contributed by atoms with E-state index in [1.165, 1.54) is 14.2 Å². The topological polar surface area (TPSA) is 128 Å². The first kappa shape index (κ1) is 35.4. The molecule has 9 aliphatic rings. The lowest BCUT2D eigenvalue weighted by Gasteiger charge is -2.67. The SMILES string of the molecule is C/C=C1/CN2CC[C@@]34c5cc([C@H]6C[C@H]7/C(=C\C)CN(C)[C@@H](Cc8c6[nH]c6ccccc86)[C@@]7(CO)C(=O)OC)ccc5N(C)[C@@]23[C@H]2C[C@H]1[C@]4(C(=O)OC)[C@H](O)O2. The number of aromatic amines is 1. The number of aliphatic hydroxyl groups excluding tert-OH is 2. The van der Waals surface area contributed by atoms with Crippen LogP contribution in [0.2, 0.25) is 0 Å². The van der Waals surface area contributed by atoms with Gasteiger partial charge in [0.1, 0.15) is 16.5 Å². The Balaban J connectivity index is 1.24. The number of carbonyl (C=O) groups excluding carboxylic acids is 2. The average molecular weight is 749 g/mol. The highest BCUT2D eigenvalue weighted by Crippen LogP contribution is 2.78. The number of fused-ring (bicyclic) bond motifs is 8. The fourth-order valence-electron chi connectivity index (χ4n) is 14.1. The van der Waals surface area contributed by atoms with Gasteiger partial charge in [-0.3, -0.25) is 19.4 Å². The van der Waals surface area contributed by atoms with Gasteiger partial charge in [-0.1, -0.05) is 53.6 Å². The Hall–Kier alpha value is -4.00. The summed E-state index contributed by atoms with van der Waals surface area (Å²) in [5, 5.41) is 24.8. The zero-order valence-electron chi connectivity index (χ0n) is 32.6. The number of ether oxygens (including phenoxy) is 3. The monoisotopic (exact) mass is 748 g/mol. The van der Waals surface area contributed by atoms with Gasteiger partial charge in [0.15, 0.2) is 6.29 Å². The molecule has 0 radical (unpaired) electrons. The number of para-hydroxylation sites is 1. The Morgan fingerprint density at radius 2 is 1.75 bits per heavy atom. The fraction of sp³-hybridized carbons (Fsp3) is 0.545. The van der Waals surface area contributed by atoms with Crippen molar-refractivity contribution in [1.82, 2.24) is 14.8 Å². The molecular formula is C44H52N4O7. The third-order valence-electron chi connectivity index (χ3n) is 16.1. The minimum atomic E-state index is -1.37. The van der Waals surface area contributed by atoms with Crippen molar-refractivity contribution in [3.8, 4) is 0 Å². The van der Waals surface area contributed by atoms with Crippen molar-refractivity contribution in [2.45, 2.75) is 75.0 Å². The third-order valence-corrected chi connectivity index (χ3v) is 16.1. The number of likely N-dealkylation sites (N-methyl/N-ethyl adjacent to an activating group) is 2. The maximum atomic E-state index is 14.7. The van der Waals surface area contributed by atoms with Crippen molar-refractivity contribution in [1.29, 1.82) is 0 Å². The van der Waals surface area contributed by atoms with Gasteiger partial charge in [0.25, 0.3) is 0 Å². The fourth-order valence-corrected chi connectivity index (χ4v) is 14.1. The molecule has 11 nitrogen and oxygen atoms in total. The van der Waals surface area contributed by atoms with Gasteiger partial charge in [-0.2, -0.15) is 0 Å². The number of anilines is 1. The predicted octanol–water partition coefficient (Wildman–Crippen LogP) is 4.22. The number of piperidine rings is 1. The van der Waals surface area contributed by atoms with E-state index in [1.807, 2.05) is 27.0 Å². The van der Waals surface area contributed by atoms with Crippen LogP contribution in [-0.2, 0) is 35.6 Å². The minimum absolute atomic E-state index is 0.204. The quantitative estimate of drug-likeness (QED) is 0.264. The van der Waals surface area contributed by atoms with Crippen LogP contribution in [0.1, 0.15) is 61.4 Å². The van der Waals surface area contributed by atoms with Crippen LogP contribution in [0, 0.1) is 22.7 Å². The van der Waals surface area contributed by atoms with E-state index in [0.717, 1.165) is 56.7 Å². The number of esters is 2. The third kappa shape index (κ3) is 3.76. The van der Waals surface area contributed by atoms with Crippen molar-refractivity contribution in [3.63, 3.8) is 0 Å². The molecule has 1 aromatic heterocycles. The molecule has 11 atom stereocenters. The number of likely N-dealkylation sites (tertiary alicyclic amines) is 1. The van der Waals surface area contributed by atoms with E-state index in [0.29, 0.717) is 38.8 Å². The Kier molecular flexibility index (Phi) is 7.58. The van der Waals surface area contributed by atoms with Gasteiger partial charge < -0.3 is 34.3 Å². The van der Waals surface area contributed by atoms with E-state index in [-0.39, 0.29) is 42.5 Å². The second kappa shape index (κ2) is 11.8. The van der Waals surface area contributed by atoms with Crippen molar-refractivity contribution < 1.29 is 34.0 Å². The Labute approximate surface area is 321 Å². The molecule has 7 aliphatic heterocycles. The number of aromatic nitrogens is 1. The van der Waals surface area contributed by atoms with Gasteiger partial charge in [-0.25, -0.2) is 0 Å². The molecule has 0 amide bonds. The summed E-state index contributed by atoms with van der Waals surface area (Å²) in [6.45, 7) is 5.85. The zero-order chi connectivity index (χ0) is 38.4. The van der Waals surface area contributed by atoms with Crippen LogP contribution < -0.4 is 4.90 Å². The molecule has 290 valence electrons. The number of hydrogen-bond donors (Lipinski definition) is 3. The molecule has 8 heterocycles. The number of allylic oxidation sites excluding steroid dienone is 2. The maximum Gasteiger partial charge on any atom is 0.318 e. The minimum Gasteiger partial charge on any atom is -0.468 e. The first-order chi connectivity index (χ1) is 26.6. The average Bonchev–Trinajstić information content (AvgIpc) is 3.77. The molecule has 3 N–H and O–H groups in total. The van der Waals surface area contributed by atoms with Crippen LogP contribution in [-0.4, -0.2) is 116 Å². The Morgan fingerprint density at radius 3 is 2.47 bits per heavy atom. The summed E-state index contributed by atoms with van der Waals surface area (Å²) in [7, 11) is 7.04. The molecule has 6 saturated heterocycles. The number of hydrogen-bond acceptors (Lipinski definition) is 10. The smallest absolute Gasteiger partial charge is 0.318 e. The molecule has 11 heteroatoms. The van der Waals surface area contributed by atoms with Crippen molar-refractivity contribution in [2.24, 2.45) is 22.7 Å². The van der Waals surface area contributed by atoms with Crippen LogP contribution in [0.3, 0.4) is 0 Å². The number of nitrogens with zero attached hydrogens (tertiary/aromatic N) is 3. The number of aliphatic hydroxyl groups is 2. The number of rotatable bonds is 4. The van der Waals surface area contributed by atoms with Crippen LogP contribution in [0.5, 0.6) is 0 Å². The van der Waals surface area contributed by atoms with Crippen LogP contribution in [0.25, 0.3) is 10.9 Å². The summed E-state index contributed by atoms with van der Waals surface area (Å²) in [6, 6.07) is 14.8. The number of carbonyl (C=O) groups is 2. The first-order valence-corrected chi connectivity index (χ1v) is 19.9. The highest BCUT2D eigenvalue weighted by molar-refractivity contribution is 5.88. The molecule has 3 aromatic rings. The molecule has 55 heavy (non-hydrogen) atoms. The van der Waals surface area contributed by atoms with Gasteiger partial charge in [0, 0.05) is 72.8 Å². The number of benzene rings is 2. The summed E-state index contributed by atoms with van der Waals surface area (Å²) in [5.41, 5.74) is 4.58. The van der Waals surface area contributed by atoms with E-state index in [1.54, 1.807) is 0 Å². The molecule has 1 unspecified atom stereocenters. The summed E-state index contributed by atoms with van der Waals surface area (Å²) in [6.07, 6.45) is 4.97. The lowest BCUT2D eigenvalue weighted by molar-refractivity contribution is -0.331. The normalized spacial score (nSPS) is 41.2. The molecule has 1 spiro atoms. The van der Waals surface area contributed by atoms with Crippen LogP contribution in [0.15, 0.2) is 65.8 Å². The van der Waals surface area contributed by atoms with E-state index in [4.69, 9.17) is 14.2 Å². The van der Waals surface area contributed by atoms with Gasteiger partial charge in [0.05, 0.1) is 32.3 Å². The second-order valence-electron chi connectivity index (χ2n) is 17.2. The molecule has 2 aliphatic carbocycles. The summed E-state index contributed by atoms with van der Waals surface area (Å²) < 4.78 is 17.9. The Bertz CT molecular complexity index is 2210. The maximum absolute atomic E-state index is 14.7. The highest BCUT2D eigenvalue weighted by atomic mass is 16.6.